The van der Waals surface area contributed by atoms with Crippen LogP contribution in [0.5, 0.6) is 0 Å². The van der Waals surface area contributed by atoms with Crippen LogP contribution in [0.25, 0.3) is 0 Å². The summed E-state index contributed by atoms with van der Waals surface area (Å²) < 4.78 is 10.1. The minimum absolute atomic E-state index is 0.00555. The number of esters is 2. The molecule has 196 valence electrons. The lowest BCUT2D eigenvalue weighted by Crippen LogP contribution is -2.59. The zero-order valence-electron chi connectivity index (χ0n) is 22.2. The molecule has 35 heavy (non-hydrogen) atoms. The predicted octanol–water partition coefficient (Wildman–Crippen LogP) is 3.93. The molecule has 2 N–H and O–H groups in total. The van der Waals surface area contributed by atoms with Crippen molar-refractivity contribution in [3.63, 3.8) is 0 Å². The second kappa shape index (κ2) is 11.9. The Morgan fingerprint density at radius 2 is 1.46 bits per heavy atom. The van der Waals surface area contributed by atoms with E-state index in [0.717, 1.165) is 5.56 Å². The molecule has 0 fully saturated rings. The summed E-state index contributed by atoms with van der Waals surface area (Å²) >= 11 is 5.98. The van der Waals surface area contributed by atoms with E-state index in [4.69, 9.17) is 16.3 Å². The Bertz CT molecular complexity index is 913. The summed E-state index contributed by atoms with van der Waals surface area (Å²) in [6, 6.07) is 4.87. The maximum absolute atomic E-state index is 13.4. The second-order valence-corrected chi connectivity index (χ2v) is 11.6. The van der Waals surface area contributed by atoms with Crippen LogP contribution >= 0.6 is 11.6 Å². The van der Waals surface area contributed by atoms with E-state index in [1.54, 1.807) is 58.9 Å². The van der Waals surface area contributed by atoms with Crippen molar-refractivity contribution in [2.45, 2.75) is 91.3 Å². The topological polar surface area (TPSA) is 111 Å². The van der Waals surface area contributed by atoms with Crippen LogP contribution in [0.2, 0.25) is 5.02 Å². The number of rotatable bonds is 9. The predicted molar refractivity (Wildman–Crippen MR) is 135 cm³/mol. The van der Waals surface area contributed by atoms with Gasteiger partial charge in [-0.1, -0.05) is 44.5 Å². The Morgan fingerprint density at radius 1 is 0.914 bits per heavy atom. The molecule has 1 rings (SSSR count). The number of nitrogens with one attached hydrogen (secondary N) is 2. The fourth-order valence-electron chi connectivity index (χ4n) is 3.23. The van der Waals surface area contributed by atoms with Gasteiger partial charge in [0.15, 0.2) is 0 Å². The molecule has 0 saturated heterocycles. The van der Waals surface area contributed by atoms with E-state index >= 15 is 0 Å². The minimum Gasteiger partial charge on any atom is -0.469 e. The van der Waals surface area contributed by atoms with Gasteiger partial charge in [0.2, 0.25) is 11.8 Å². The molecular formula is C26H39ClN2O6. The number of hydrogen-bond donors (Lipinski definition) is 2. The fourth-order valence-corrected chi connectivity index (χ4v) is 3.35. The molecule has 0 saturated carbocycles. The number of carbonyl (C=O) groups is 4. The van der Waals surface area contributed by atoms with Gasteiger partial charge in [-0.2, -0.15) is 0 Å². The molecule has 0 aliphatic heterocycles. The van der Waals surface area contributed by atoms with E-state index in [9.17, 15) is 19.2 Å². The summed E-state index contributed by atoms with van der Waals surface area (Å²) in [5.41, 5.74) is -1.69. The molecular weight excluding hydrogens is 472 g/mol. The normalized spacial score (nSPS) is 13.9. The zero-order chi connectivity index (χ0) is 27.2. The first-order chi connectivity index (χ1) is 15.9. The van der Waals surface area contributed by atoms with Gasteiger partial charge in [-0.25, -0.2) is 4.79 Å². The van der Waals surface area contributed by atoms with Crippen LogP contribution < -0.4 is 10.6 Å². The van der Waals surface area contributed by atoms with E-state index in [1.165, 1.54) is 7.11 Å². The number of ether oxygens (including phenoxy) is 2. The Morgan fingerprint density at radius 3 is 1.91 bits per heavy atom. The highest BCUT2D eigenvalue weighted by molar-refractivity contribution is 6.30. The van der Waals surface area contributed by atoms with Crippen molar-refractivity contribution in [2.24, 2.45) is 5.41 Å². The van der Waals surface area contributed by atoms with Gasteiger partial charge < -0.3 is 20.1 Å². The van der Waals surface area contributed by atoms with Crippen LogP contribution in [-0.4, -0.2) is 48.5 Å². The lowest BCUT2D eigenvalue weighted by atomic mass is 9.81. The van der Waals surface area contributed by atoms with Crippen LogP contribution in [0, 0.1) is 5.41 Å². The summed E-state index contributed by atoms with van der Waals surface area (Å²) in [4.78, 5) is 51.1. The highest BCUT2D eigenvalue weighted by atomic mass is 35.5. The average molecular weight is 511 g/mol. The van der Waals surface area contributed by atoms with Gasteiger partial charge in [0, 0.05) is 11.4 Å². The molecule has 0 aliphatic carbocycles. The molecule has 0 aliphatic rings. The van der Waals surface area contributed by atoms with Crippen molar-refractivity contribution in [3.05, 3.63) is 34.9 Å². The Balaban J connectivity index is 3.15. The van der Waals surface area contributed by atoms with Gasteiger partial charge in [0.1, 0.15) is 17.7 Å². The molecule has 2 atom stereocenters. The van der Waals surface area contributed by atoms with Crippen molar-refractivity contribution in [1.29, 1.82) is 0 Å². The second-order valence-electron chi connectivity index (χ2n) is 11.1. The van der Waals surface area contributed by atoms with Crippen LogP contribution in [0.15, 0.2) is 24.3 Å². The molecule has 8 nitrogen and oxygen atoms in total. The lowest BCUT2D eigenvalue weighted by molar-refractivity contribution is -0.159. The minimum atomic E-state index is -1.09. The van der Waals surface area contributed by atoms with E-state index in [0.29, 0.717) is 5.02 Å². The van der Waals surface area contributed by atoms with Crippen molar-refractivity contribution in [1.82, 2.24) is 10.6 Å². The third kappa shape index (κ3) is 9.51. The molecule has 0 radical (unpaired) electrons. The van der Waals surface area contributed by atoms with Gasteiger partial charge in [-0.15, -0.1) is 0 Å². The Labute approximate surface area is 213 Å². The maximum Gasteiger partial charge on any atom is 0.329 e. The largest absolute Gasteiger partial charge is 0.469 e. The lowest BCUT2D eigenvalue weighted by Gasteiger charge is -2.35. The first-order valence-corrected chi connectivity index (χ1v) is 11.9. The number of halogens is 1. The molecule has 0 aromatic heterocycles. The zero-order valence-corrected chi connectivity index (χ0v) is 23.0. The van der Waals surface area contributed by atoms with Gasteiger partial charge in [-0.05, 0) is 64.2 Å². The van der Waals surface area contributed by atoms with Gasteiger partial charge >= 0.3 is 11.9 Å². The quantitative estimate of drug-likeness (QED) is 0.487. The van der Waals surface area contributed by atoms with Gasteiger partial charge in [0.25, 0.3) is 0 Å². The SMILES string of the molecule is COC(=O)CC[C@@H](NC(=O)[C@@H](NC(=O)C(C)(C)c1ccc(Cl)cc1)C(C)(C)C)C(=O)OC(C)(C)C. The number of benzene rings is 1. The third-order valence-corrected chi connectivity index (χ3v) is 5.66. The highest BCUT2D eigenvalue weighted by Crippen LogP contribution is 2.27. The molecule has 0 unspecified atom stereocenters. The number of hydrogen-bond acceptors (Lipinski definition) is 6. The molecule has 1 aromatic rings. The third-order valence-electron chi connectivity index (χ3n) is 5.41. The molecule has 2 amide bonds. The van der Waals surface area contributed by atoms with Gasteiger partial charge in [-0.3, -0.25) is 14.4 Å². The summed E-state index contributed by atoms with van der Waals surface area (Å²) in [5.74, 6) is -2.11. The van der Waals surface area contributed by atoms with E-state index < -0.39 is 46.4 Å². The van der Waals surface area contributed by atoms with Gasteiger partial charge in [0.05, 0.1) is 12.5 Å². The molecule has 1 aromatic carbocycles. The van der Waals surface area contributed by atoms with Crippen LogP contribution in [0.4, 0.5) is 0 Å². The van der Waals surface area contributed by atoms with E-state index in [2.05, 4.69) is 15.4 Å². The smallest absolute Gasteiger partial charge is 0.329 e. The van der Waals surface area contributed by atoms with Crippen LogP contribution in [-0.2, 0) is 34.1 Å². The maximum atomic E-state index is 13.4. The summed E-state index contributed by atoms with van der Waals surface area (Å²) in [6.07, 6.45) is -0.0920. The molecule has 9 heteroatoms. The number of carbonyl (C=O) groups excluding carboxylic acids is 4. The van der Waals surface area contributed by atoms with E-state index in [-0.39, 0.29) is 18.7 Å². The number of methoxy groups -OCH3 is 1. The number of amides is 2. The standard InChI is InChI=1S/C26H39ClN2O6/c1-24(2,3)20(29-23(33)26(7,8)16-10-12-17(27)13-11-16)21(31)28-18(14-15-19(30)34-9)22(32)35-25(4,5)6/h10-13,18,20H,14-15H2,1-9H3,(H,28,31)(H,29,33)/t18-,20-/m1/s1. The van der Waals surface area contributed by atoms with E-state index in [1.807, 2.05) is 20.8 Å². The van der Waals surface area contributed by atoms with Crippen LogP contribution in [0.1, 0.15) is 73.8 Å². The summed E-state index contributed by atoms with van der Waals surface area (Å²) in [6.45, 7) is 14.1. The first kappa shape index (κ1) is 30.4. The summed E-state index contributed by atoms with van der Waals surface area (Å²) in [5, 5.41) is 6.08. The average Bonchev–Trinajstić information content (AvgIpc) is 2.72. The molecule has 0 bridgehead atoms. The van der Waals surface area contributed by atoms with Crippen molar-refractivity contribution in [2.75, 3.05) is 7.11 Å². The fraction of sp³-hybridized carbons (Fsp3) is 0.615. The van der Waals surface area contributed by atoms with Crippen molar-refractivity contribution in [3.8, 4) is 0 Å². The Hall–Kier alpha value is -2.61. The van der Waals surface area contributed by atoms with Crippen molar-refractivity contribution < 1.29 is 28.7 Å². The monoisotopic (exact) mass is 510 g/mol. The van der Waals surface area contributed by atoms with Crippen LogP contribution in [0.3, 0.4) is 0 Å². The first-order valence-electron chi connectivity index (χ1n) is 11.6. The Kier molecular flexibility index (Phi) is 10.3. The van der Waals surface area contributed by atoms with Crippen molar-refractivity contribution >= 4 is 35.4 Å². The molecule has 0 heterocycles. The molecule has 0 spiro atoms. The highest BCUT2D eigenvalue weighted by Gasteiger charge is 2.39. The summed E-state index contributed by atoms with van der Waals surface area (Å²) in [7, 11) is 1.25.